The number of amides is 1. The number of hydrogen-bond acceptors (Lipinski definition) is 6. The summed E-state index contributed by atoms with van der Waals surface area (Å²) in [6.45, 7) is 4.11. The largest absolute Gasteiger partial charge is 0.454 e. The molecule has 2 aromatic carbocycles. The molecule has 3 heterocycles. The zero-order valence-corrected chi connectivity index (χ0v) is 19.5. The summed E-state index contributed by atoms with van der Waals surface area (Å²) in [5.41, 5.74) is 2.17. The molecule has 0 spiro atoms. The Balaban J connectivity index is 1.57. The maximum Gasteiger partial charge on any atom is 0.259 e. The van der Waals surface area contributed by atoms with Crippen molar-refractivity contribution in [3.8, 4) is 11.5 Å². The summed E-state index contributed by atoms with van der Waals surface area (Å²) in [5, 5.41) is 6.14. The van der Waals surface area contributed by atoms with Gasteiger partial charge in [0.05, 0.1) is 23.0 Å². The molecule has 0 radical (unpaired) electrons. The van der Waals surface area contributed by atoms with Crippen molar-refractivity contribution in [2.45, 2.75) is 50.0 Å². The highest BCUT2D eigenvalue weighted by atomic mass is 32.2. The molecule has 2 aromatic rings. The van der Waals surface area contributed by atoms with Crippen molar-refractivity contribution in [3.05, 3.63) is 41.5 Å². The zero-order valence-electron chi connectivity index (χ0n) is 18.7. The van der Waals surface area contributed by atoms with Crippen LogP contribution in [0.25, 0.3) is 0 Å². The number of nitrogens with zero attached hydrogens (tertiary/aromatic N) is 1. The molecule has 5 rings (SSSR count). The summed E-state index contributed by atoms with van der Waals surface area (Å²) in [6, 6.07) is 8.63. The van der Waals surface area contributed by atoms with Crippen LogP contribution in [0.4, 0.5) is 11.4 Å². The number of nitrogens with one attached hydrogen (secondary N) is 2. The highest BCUT2D eigenvalue weighted by molar-refractivity contribution is 7.89. The standard InChI is InChI=1S/C24H29N3O5S/c1-16-7-8-21-19(12-16)26-24(28)18-13-23(33(29,30)27-9-3-2-4-10-27)20(14-22(18)32-21)25-15-17-6-5-11-31-17/h7-8,12-14,17,25H,2-6,9-11,15H2,1H3,(H,26,28). The molecule has 1 atom stereocenters. The number of carbonyl (C=O) groups is 1. The number of sulfonamides is 1. The molecular weight excluding hydrogens is 442 g/mol. The van der Waals surface area contributed by atoms with Crippen LogP contribution >= 0.6 is 0 Å². The van der Waals surface area contributed by atoms with E-state index >= 15 is 0 Å². The Morgan fingerprint density at radius 3 is 2.67 bits per heavy atom. The van der Waals surface area contributed by atoms with Crippen molar-refractivity contribution < 1.29 is 22.7 Å². The van der Waals surface area contributed by atoms with Crippen molar-refractivity contribution in [2.24, 2.45) is 0 Å². The van der Waals surface area contributed by atoms with Crippen molar-refractivity contribution in [3.63, 3.8) is 0 Å². The van der Waals surface area contributed by atoms with Crippen LogP contribution in [0.5, 0.6) is 11.5 Å². The molecule has 33 heavy (non-hydrogen) atoms. The van der Waals surface area contributed by atoms with Crippen LogP contribution < -0.4 is 15.4 Å². The molecule has 176 valence electrons. The lowest BCUT2D eigenvalue weighted by Crippen LogP contribution is -2.36. The van der Waals surface area contributed by atoms with E-state index in [9.17, 15) is 13.2 Å². The summed E-state index contributed by atoms with van der Waals surface area (Å²) in [4.78, 5) is 13.2. The molecule has 0 aromatic heterocycles. The second-order valence-electron chi connectivity index (χ2n) is 8.88. The maximum atomic E-state index is 13.6. The number of anilines is 2. The van der Waals surface area contributed by atoms with Gasteiger partial charge in [-0.2, -0.15) is 4.31 Å². The summed E-state index contributed by atoms with van der Waals surface area (Å²) in [6.07, 6.45) is 4.64. The molecule has 2 fully saturated rings. The number of ether oxygens (including phenoxy) is 2. The van der Waals surface area contributed by atoms with E-state index in [1.165, 1.54) is 10.4 Å². The van der Waals surface area contributed by atoms with Crippen molar-refractivity contribution in [1.82, 2.24) is 4.31 Å². The molecule has 3 aliphatic heterocycles. The zero-order chi connectivity index (χ0) is 23.0. The van der Waals surface area contributed by atoms with Gasteiger partial charge in [-0.3, -0.25) is 4.79 Å². The first-order valence-electron chi connectivity index (χ1n) is 11.6. The monoisotopic (exact) mass is 471 g/mol. The number of piperidine rings is 1. The van der Waals surface area contributed by atoms with E-state index in [2.05, 4.69) is 10.6 Å². The predicted molar refractivity (Wildman–Crippen MR) is 126 cm³/mol. The van der Waals surface area contributed by atoms with Gasteiger partial charge < -0.3 is 20.1 Å². The van der Waals surface area contributed by atoms with E-state index in [-0.39, 0.29) is 16.6 Å². The average Bonchev–Trinajstić information content (AvgIpc) is 3.29. The van der Waals surface area contributed by atoms with Gasteiger partial charge in [-0.25, -0.2) is 8.42 Å². The van der Waals surface area contributed by atoms with Gasteiger partial charge in [0.2, 0.25) is 10.0 Å². The highest BCUT2D eigenvalue weighted by Crippen LogP contribution is 2.40. The van der Waals surface area contributed by atoms with Crippen LogP contribution in [-0.4, -0.2) is 51.0 Å². The van der Waals surface area contributed by atoms with Gasteiger partial charge in [0, 0.05) is 32.3 Å². The summed E-state index contributed by atoms with van der Waals surface area (Å²) in [7, 11) is -3.79. The van der Waals surface area contributed by atoms with Gasteiger partial charge >= 0.3 is 0 Å². The number of benzene rings is 2. The SMILES string of the molecule is Cc1ccc2c(c1)NC(=O)c1cc(S(=O)(=O)N3CCCCC3)c(NCC3CCCO3)cc1O2. The van der Waals surface area contributed by atoms with E-state index in [4.69, 9.17) is 9.47 Å². The first-order chi connectivity index (χ1) is 15.9. The van der Waals surface area contributed by atoms with Crippen LogP contribution in [0.15, 0.2) is 35.2 Å². The lowest BCUT2D eigenvalue weighted by molar-refractivity contribution is 0.102. The Kier molecular flexibility index (Phi) is 6.03. The second kappa shape index (κ2) is 8.96. The third-order valence-corrected chi connectivity index (χ3v) is 8.35. The highest BCUT2D eigenvalue weighted by Gasteiger charge is 2.32. The van der Waals surface area contributed by atoms with Gasteiger partial charge in [-0.1, -0.05) is 12.5 Å². The predicted octanol–water partition coefficient (Wildman–Crippen LogP) is 4.12. The maximum absolute atomic E-state index is 13.6. The smallest absolute Gasteiger partial charge is 0.259 e. The topological polar surface area (TPSA) is 97.0 Å². The summed E-state index contributed by atoms with van der Waals surface area (Å²) < 4.78 is 40.6. The van der Waals surface area contributed by atoms with Gasteiger partial charge in [0.25, 0.3) is 5.91 Å². The Morgan fingerprint density at radius 2 is 1.91 bits per heavy atom. The molecule has 9 heteroatoms. The van der Waals surface area contributed by atoms with Gasteiger partial charge in [0.15, 0.2) is 5.75 Å². The van der Waals surface area contributed by atoms with E-state index in [0.29, 0.717) is 42.5 Å². The van der Waals surface area contributed by atoms with Crippen molar-refractivity contribution in [2.75, 3.05) is 36.9 Å². The fourth-order valence-corrected chi connectivity index (χ4v) is 6.28. The van der Waals surface area contributed by atoms with Crippen molar-refractivity contribution >= 4 is 27.3 Å². The average molecular weight is 472 g/mol. The van der Waals surface area contributed by atoms with Crippen LogP contribution in [0.1, 0.15) is 48.0 Å². The fourth-order valence-electron chi connectivity index (χ4n) is 4.59. The molecule has 1 unspecified atom stereocenters. The van der Waals surface area contributed by atoms with Crippen LogP contribution in [0.2, 0.25) is 0 Å². The minimum Gasteiger partial charge on any atom is -0.454 e. The van der Waals surface area contributed by atoms with Gasteiger partial charge in [0.1, 0.15) is 10.6 Å². The Bertz CT molecular complexity index is 1170. The third kappa shape index (κ3) is 4.45. The molecule has 1 amide bonds. The molecule has 0 aliphatic carbocycles. The number of hydrogen-bond donors (Lipinski definition) is 2. The van der Waals surface area contributed by atoms with Gasteiger partial charge in [-0.15, -0.1) is 0 Å². The first-order valence-corrected chi connectivity index (χ1v) is 13.0. The summed E-state index contributed by atoms with van der Waals surface area (Å²) >= 11 is 0. The molecule has 0 saturated carbocycles. The molecule has 2 saturated heterocycles. The molecule has 0 bridgehead atoms. The molecule has 3 aliphatic rings. The lowest BCUT2D eigenvalue weighted by Gasteiger charge is -2.27. The minimum atomic E-state index is -3.79. The van der Waals surface area contributed by atoms with E-state index < -0.39 is 15.9 Å². The summed E-state index contributed by atoms with van der Waals surface area (Å²) in [5.74, 6) is 0.446. The number of aryl methyl sites for hydroxylation is 1. The van der Waals surface area contributed by atoms with E-state index in [0.717, 1.165) is 44.3 Å². The second-order valence-corrected chi connectivity index (χ2v) is 10.8. The minimum absolute atomic E-state index is 0.0299. The first kappa shape index (κ1) is 22.2. The number of rotatable bonds is 5. The third-order valence-electron chi connectivity index (χ3n) is 6.41. The fraction of sp³-hybridized carbons (Fsp3) is 0.458. The Labute approximate surface area is 194 Å². The molecule has 2 N–H and O–H groups in total. The van der Waals surface area contributed by atoms with Crippen LogP contribution in [0, 0.1) is 6.92 Å². The van der Waals surface area contributed by atoms with E-state index in [1.807, 2.05) is 19.1 Å². The van der Waals surface area contributed by atoms with E-state index in [1.54, 1.807) is 12.1 Å². The number of fused-ring (bicyclic) bond motifs is 2. The molecule has 8 nitrogen and oxygen atoms in total. The number of carbonyl (C=O) groups excluding carboxylic acids is 1. The van der Waals surface area contributed by atoms with Gasteiger partial charge in [-0.05, 0) is 56.4 Å². The van der Waals surface area contributed by atoms with Crippen LogP contribution in [0.3, 0.4) is 0 Å². The van der Waals surface area contributed by atoms with Crippen LogP contribution in [-0.2, 0) is 14.8 Å². The Hall–Kier alpha value is -2.62. The van der Waals surface area contributed by atoms with Crippen molar-refractivity contribution in [1.29, 1.82) is 0 Å². The Morgan fingerprint density at radius 1 is 1.09 bits per heavy atom. The lowest BCUT2D eigenvalue weighted by atomic mass is 10.1. The normalized spacial score (nSPS) is 20.9. The quantitative estimate of drug-likeness (QED) is 0.681. The molecular formula is C24H29N3O5S.